The Morgan fingerprint density at radius 3 is 2.68 bits per heavy atom. The Kier molecular flexibility index (Phi) is 4.66. The maximum absolute atomic E-state index is 12.0. The van der Waals surface area contributed by atoms with E-state index in [-0.39, 0.29) is 11.3 Å². The van der Waals surface area contributed by atoms with E-state index in [2.05, 4.69) is 4.98 Å². The molecule has 0 atom stereocenters. The Bertz CT molecular complexity index is 853. The van der Waals surface area contributed by atoms with Crippen molar-refractivity contribution in [3.05, 3.63) is 49.4 Å². The van der Waals surface area contributed by atoms with Crippen LogP contribution < -0.4 is 19.5 Å². The second-order valence-corrected chi connectivity index (χ2v) is 7.05. The van der Waals surface area contributed by atoms with Gasteiger partial charge in [0.1, 0.15) is 5.75 Å². The van der Waals surface area contributed by atoms with Crippen LogP contribution in [0.5, 0.6) is 5.75 Å². The van der Waals surface area contributed by atoms with E-state index in [1.165, 1.54) is 17.4 Å². The molecule has 2 aromatic rings. The molecule has 0 bridgehead atoms. The van der Waals surface area contributed by atoms with Gasteiger partial charge in [0.2, 0.25) is 0 Å². The number of carbonyl (C=O) groups is 1. The molecule has 5 heteroatoms. The normalized spacial score (nSPS) is 13.5. The number of ether oxygens (including phenoxy) is 1. The van der Waals surface area contributed by atoms with Gasteiger partial charge in [0.15, 0.2) is 5.78 Å². The summed E-state index contributed by atoms with van der Waals surface area (Å²) in [5.41, 5.74) is 0.221. The molecule has 0 aliphatic rings. The van der Waals surface area contributed by atoms with Crippen LogP contribution in [0.2, 0.25) is 0 Å². The number of rotatable bonds is 3. The van der Waals surface area contributed by atoms with Crippen LogP contribution >= 0.6 is 11.3 Å². The molecule has 0 saturated carbocycles. The van der Waals surface area contributed by atoms with Crippen LogP contribution in [0, 0.1) is 5.41 Å². The molecular weight excluding hydrogens is 298 g/mol. The van der Waals surface area contributed by atoms with Gasteiger partial charge in [0.05, 0.1) is 16.3 Å². The quantitative estimate of drug-likeness (QED) is 0.937. The molecule has 1 heterocycles. The summed E-state index contributed by atoms with van der Waals surface area (Å²) in [6.07, 6.45) is 3.28. The van der Waals surface area contributed by atoms with Crippen molar-refractivity contribution in [2.45, 2.75) is 20.8 Å². The van der Waals surface area contributed by atoms with Crippen LogP contribution in [0.25, 0.3) is 12.2 Å². The maximum atomic E-state index is 12.0. The molecule has 0 spiro atoms. The SMILES string of the molecule is COc1cccc(C=c2sc(=CC(=O)C(C)(C)C)[nH]c2=O)c1. The highest BCUT2D eigenvalue weighted by atomic mass is 32.1. The van der Waals surface area contributed by atoms with Crippen molar-refractivity contribution in [3.8, 4) is 5.75 Å². The first kappa shape index (κ1) is 16.2. The molecule has 0 fully saturated rings. The number of hydrogen-bond acceptors (Lipinski definition) is 4. The van der Waals surface area contributed by atoms with Gasteiger partial charge in [-0.3, -0.25) is 9.59 Å². The van der Waals surface area contributed by atoms with Crippen molar-refractivity contribution < 1.29 is 9.53 Å². The Labute approximate surface area is 132 Å². The van der Waals surface area contributed by atoms with Crippen molar-refractivity contribution in [1.82, 2.24) is 4.98 Å². The molecule has 0 aliphatic heterocycles. The number of benzene rings is 1. The first-order valence-electron chi connectivity index (χ1n) is 6.90. The number of thiazole rings is 1. The Hall–Kier alpha value is -2.14. The summed E-state index contributed by atoms with van der Waals surface area (Å²) in [6.45, 7) is 5.54. The lowest BCUT2D eigenvalue weighted by Gasteiger charge is -2.12. The second-order valence-electron chi connectivity index (χ2n) is 5.96. The van der Waals surface area contributed by atoms with Gasteiger partial charge in [0.25, 0.3) is 5.56 Å². The lowest BCUT2D eigenvalue weighted by molar-refractivity contribution is -0.119. The van der Waals surface area contributed by atoms with E-state index >= 15 is 0 Å². The fourth-order valence-corrected chi connectivity index (χ4v) is 2.63. The number of nitrogens with one attached hydrogen (secondary N) is 1. The summed E-state index contributed by atoms with van der Waals surface area (Å²) in [5, 5.41) is 0. The minimum absolute atomic E-state index is 0.0158. The molecule has 1 aromatic heterocycles. The maximum Gasteiger partial charge on any atom is 0.266 e. The predicted octanol–water partition coefficient (Wildman–Crippen LogP) is 1.67. The summed E-state index contributed by atoms with van der Waals surface area (Å²) >= 11 is 1.27. The largest absolute Gasteiger partial charge is 0.497 e. The van der Waals surface area contributed by atoms with Crippen LogP contribution in [0.4, 0.5) is 0 Å². The van der Waals surface area contributed by atoms with Crippen LogP contribution in [0.3, 0.4) is 0 Å². The number of H-pyrrole nitrogens is 1. The molecular formula is C17H19NO3S. The monoisotopic (exact) mass is 317 g/mol. The van der Waals surface area contributed by atoms with E-state index in [1.54, 1.807) is 13.2 Å². The molecule has 0 aliphatic carbocycles. The van der Waals surface area contributed by atoms with Crippen LogP contribution in [0.1, 0.15) is 26.3 Å². The standard InChI is InChI=1S/C17H19NO3S/c1-17(2,3)14(19)10-15-18-16(20)13(22-15)9-11-6-5-7-12(8-11)21-4/h5-10H,1-4H3,(H,18,20). The highest BCUT2D eigenvalue weighted by molar-refractivity contribution is 7.07. The minimum Gasteiger partial charge on any atom is -0.497 e. The number of Topliss-reactive ketones (excluding diaryl/α,β-unsaturated/α-hetero) is 1. The molecule has 2 rings (SSSR count). The number of hydrogen-bond donors (Lipinski definition) is 1. The Balaban J connectivity index is 2.46. The van der Waals surface area contributed by atoms with Gasteiger partial charge >= 0.3 is 0 Å². The third-order valence-electron chi connectivity index (χ3n) is 3.07. The molecule has 1 aromatic carbocycles. The highest BCUT2D eigenvalue weighted by Crippen LogP contribution is 2.15. The van der Waals surface area contributed by atoms with E-state index in [0.29, 0.717) is 9.20 Å². The highest BCUT2D eigenvalue weighted by Gasteiger charge is 2.18. The molecule has 22 heavy (non-hydrogen) atoms. The molecule has 0 saturated heterocycles. The molecule has 0 amide bonds. The topological polar surface area (TPSA) is 59.2 Å². The average Bonchev–Trinajstić information content (AvgIpc) is 2.78. The number of aromatic nitrogens is 1. The van der Waals surface area contributed by atoms with E-state index in [0.717, 1.165) is 11.3 Å². The van der Waals surface area contributed by atoms with Gasteiger partial charge in [-0.2, -0.15) is 0 Å². The molecule has 0 radical (unpaired) electrons. The van der Waals surface area contributed by atoms with Gasteiger partial charge < -0.3 is 9.72 Å². The van der Waals surface area contributed by atoms with E-state index in [9.17, 15) is 9.59 Å². The molecule has 4 nitrogen and oxygen atoms in total. The second kappa shape index (κ2) is 6.32. The van der Waals surface area contributed by atoms with Gasteiger partial charge in [-0.1, -0.05) is 32.9 Å². The summed E-state index contributed by atoms with van der Waals surface area (Å²) in [6, 6.07) is 7.45. The number of ketones is 1. The van der Waals surface area contributed by atoms with Gasteiger partial charge in [-0.15, -0.1) is 11.3 Å². The lowest BCUT2D eigenvalue weighted by Crippen LogP contribution is -2.22. The van der Waals surface area contributed by atoms with Crippen molar-refractivity contribution in [2.24, 2.45) is 5.41 Å². The zero-order chi connectivity index (χ0) is 16.3. The zero-order valence-corrected chi connectivity index (χ0v) is 13.9. The van der Waals surface area contributed by atoms with Gasteiger partial charge in [-0.05, 0) is 23.8 Å². The molecule has 1 N–H and O–H groups in total. The number of carbonyl (C=O) groups excluding carboxylic acids is 1. The number of methoxy groups -OCH3 is 1. The average molecular weight is 317 g/mol. The van der Waals surface area contributed by atoms with Crippen molar-refractivity contribution in [1.29, 1.82) is 0 Å². The molecule has 0 unspecified atom stereocenters. The van der Waals surface area contributed by atoms with Crippen molar-refractivity contribution in [3.63, 3.8) is 0 Å². The van der Waals surface area contributed by atoms with Crippen molar-refractivity contribution in [2.75, 3.05) is 7.11 Å². The minimum atomic E-state index is -0.461. The third-order valence-corrected chi connectivity index (χ3v) is 4.04. The van der Waals surface area contributed by atoms with Crippen LogP contribution in [-0.4, -0.2) is 17.9 Å². The fraction of sp³-hybridized carbons (Fsp3) is 0.294. The fourth-order valence-electron chi connectivity index (χ4n) is 1.74. The third kappa shape index (κ3) is 3.95. The van der Waals surface area contributed by atoms with Crippen LogP contribution in [0.15, 0.2) is 29.1 Å². The zero-order valence-electron chi connectivity index (χ0n) is 13.1. The van der Waals surface area contributed by atoms with E-state index in [4.69, 9.17) is 4.74 Å². The summed E-state index contributed by atoms with van der Waals surface area (Å²) in [5.74, 6) is 0.717. The summed E-state index contributed by atoms with van der Waals surface area (Å²) in [7, 11) is 1.60. The predicted molar refractivity (Wildman–Crippen MR) is 89.7 cm³/mol. The Morgan fingerprint density at radius 1 is 1.32 bits per heavy atom. The number of aromatic amines is 1. The van der Waals surface area contributed by atoms with E-state index < -0.39 is 5.41 Å². The Morgan fingerprint density at radius 2 is 2.05 bits per heavy atom. The van der Waals surface area contributed by atoms with Gasteiger partial charge in [0, 0.05) is 11.5 Å². The van der Waals surface area contributed by atoms with E-state index in [1.807, 2.05) is 45.0 Å². The smallest absolute Gasteiger partial charge is 0.266 e. The molecule has 116 valence electrons. The lowest BCUT2D eigenvalue weighted by atomic mass is 9.91. The first-order chi connectivity index (χ1) is 10.3. The van der Waals surface area contributed by atoms with Crippen molar-refractivity contribution >= 4 is 29.3 Å². The van der Waals surface area contributed by atoms with Crippen LogP contribution in [-0.2, 0) is 4.79 Å². The first-order valence-corrected chi connectivity index (χ1v) is 7.72. The summed E-state index contributed by atoms with van der Waals surface area (Å²) < 4.78 is 6.29. The summed E-state index contributed by atoms with van der Waals surface area (Å²) in [4.78, 5) is 26.7. The van der Waals surface area contributed by atoms with Gasteiger partial charge in [-0.25, -0.2) is 0 Å².